The first kappa shape index (κ1) is 10.2. The van der Waals surface area contributed by atoms with Crippen molar-refractivity contribution < 1.29 is 4.42 Å². The van der Waals surface area contributed by atoms with Crippen molar-refractivity contribution in [3.63, 3.8) is 0 Å². The van der Waals surface area contributed by atoms with Gasteiger partial charge in [-0.1, -0.05) is 18.6 Å². The molecule has 0 fully saturated rings. The number of hydrogen-bond acceptors (Lipinski definition) is 3. The molecule has 0 spiro atoms. The summed E-state index contributed by atoms with van der Waals surface area (Å²) in [6.45, 7) is 4.15. The van der Waals surface area contributed by atoms with Gasteiger partial charge in [0, 0.05) is 5.39 Å². The van der Waals surface area contributed by atoms with E-state index in [1.165, 1.54) is 5.56 Å². The second-order valence-corrected chi connectivity index (χ2v) is 3.82. The summed E-state index contributed by atoms with van der Waals surface area (Å²) in [4.78, 5) is 0. The second kappa shape index (κ2) is 4.04. The van der Waals surface area contributed by atoms with Gasteiger partial charge in [0.15, 0.2) is 0 Å². The first-order valence-electron chi connectivity index (χ1n) is 5.21. The van der Waals surface area contributed by atoms with E-state index in [9.17, 15) is 0 Å². The SMILES string of the molecule is CCC(NN)c1cc2cc(C)ccc2o1. The van der Waals surface area contributed by atoms with Gasteiger partial charge in [-0.15, -0.1) is 0 Å². The third-order valence-electron chi connectivity index (χ3n) is 2.64. The highest BCUT2D eigenvalue weighted by Gasteiger charge is 2.12. The van der Waals surface area contributed by atoms with Crippen molar-refractivity contribution in [3.8, 4) is 0 Å². The normalized spacial score (nSPS) is 13.3. The van der Waals surface area contributed by atoms with Gasteiger partial charge in [-0.05, 0) is 31.5 Å². The highest BCUT2D eigenvalue weighted by Crippen LogP contribution is 2.25. The largest absolute Gasteiger partial charge is 0.459 e. The van der Waals surface area contributed by atoms with Crippen LogP contribution in [0.25, 0.3) is 11.0 Å². The molecule has 1 unspecified atom stereocenters. The number of nitrogens with one attached hydrogen (secondary N) is 1. The van der Waals surface area contributed by atoms with Gasteiger partial charge in [0.05, 0.1) is 6.04 Å². The Labute approximate surface area is 89.2 Å². The fraction of sp³-hybridized carbons (Fsp3) is 0.333. The standard InChI is InChI=1S/C12H16N2O/c1-3-10(14-13)12-7-9-6-8(2)4-5-11(9)15-12/h4-7,10,14H,3,13H2,1-2H3. The summed E-state index contributed by atoms with van der Waals surface area (Å²) in [5.41, 5.74) is 4.91. The number of furan rings is 1. The average Bonchev–Trinajstić information content (AvgIpc) is 2.62. The molecular formula is C12H16N2O. The molecule has 2 aromatic rings. The minimum Gasteiger partial charge on any atom is -0.459 e. The summed E-state index contributed by atoms with van der Waals surface area (Å²) < 4.78 is 5.72. The maximum Gasteiger partial charge on any atom is 0.134 e. The Morgan fingerprint density at radius 2 is 2.20 bits per heavy atom. The van der Waals surface area contributed by atoms with Gasteiger partial charge in [0.25, 0.3) is 0 Å². The zero-order valence-corrected chi connectivity index (χ0v) is 9.08. The lowest BCUT2D eigenvalue weighted by atomic mass is 10.1. The Balaban J connectivity index is 2.46. The molecule has 0 amide bonds. The lowest BCUT2D eigenvalue weighted by molar-refractivity contribution is 0.428. The van der Waals surface area contributed by atoms with Crippen LogP contribution >= 0.6 is 0 Å². The van der Waals surface area contributed by atoms with Crippen LogP contribution < -0.4 is 11.3 Å². The molecule has 0 saturated heterocycles. The maximum atomic E-state index is 5.72. The quantitative estimate of drug-likeness (QED) is 0.597. The van der Waals surface area contributed by atoms with Crippen molar-refractivity contribution in [1.29, 1.82) is 0 Å². The second-order valence-electron chi connectivity index (χ2n) is 3.82. The van der Waals surface area contributed by atoms with Crippen molar-refractivity contribution in [2.75, 3.05) is 0 Å². The summed E-state index contributed by atoms with van der Waals surface area (Å²) in [5.74, 6) is 6.36. The molecule has 3 N–H and O–H groups in total. The van der Waals surface area contributed by atoms with Crippen LogP contribution in [0.2, 0.25) is 0 Å². The van der Waals surface area contributed by atoms with Gasteiger partial charge < -0.3 is 4.42 Å². The number of benzene rings is 1. The number of nitrogens with two attached hydrogens (primary N) is 1. The van der Waals surface area contributed by atoms with E-state index in [2.05, 4.69) is 31.4 Å². The van der Waals surface area contributed by atoms with E-state index in [-0.39, 0.29) is 6.04 Å². The fourth-order valence-corrected chi connectivity index (χ4v) is 1.76. The van der Waals surface area contributed by atoms with Crippen LogP contribution in [-0.4, -0.2) is 0 Å². The molecule has 3 heteroatoms. The number of aryl methyl sites for hydroxylation is 1. The molecule has 1 aromatic heterocycles. The molecule has 0 radical (unpaired) electrons. The molecule has 1 aromatic carbocycles. The Kier molecular flexibility index (Phi) is 2.75. The third kappa shape index (κ3) is 1.89. The number of hydrogen-bond donors (Lipinski definition) is 2. The summed E-state index contributed by atoms with van der Waals surface area (Å²) in [7, 11) is 0. The first-order chi connectivity index (χ1) is 7.24. The summed E-state index contributed by atoms with van der Waals surface area (Å²) in [6, 6.07) is 8.31. The zero-order chi connectivity index (χ0) is 10.8. The van der Waals surface area contributed by atoms with Gasteiger partial charge in [-0.3, -0.25) is 5.84 Å². The van der Waals surface area contributed by atoms with E-state index in [1.54, 1.807) is 0 Å². The fourth-order valence-electron chi connectivity index (χ4n) is 1.76. The van der Waals surface area contributed by atoms with Gasteiger partial charge >= 0.3 is 0 Å². The van der Waals surface area contributed by atoms with Crippen molar-refractivity contribution in [2.24, 2.45) is 5.84 Å². The van der Waals surface area contributed by atoms with Crippen molar-refractivity contribution >= 4 is 11.0 Å². The van der Waals surface area contributed by atoms with E-state index in [1.807, 2.05) is 12.1 Å². The molecule has 0 aliphatic carbocycles. The lowest BCUT2D eigenvalue weighted by Crippen LogP contribution is -2.26. The van der Waals surface area contributed by atoms with Crippen molar-refractivity contribution in [2.45, 2.75) is 26.3 Å². The van der Waals surface area contributed by atoms with Gasteiger partial charge in [0.2, 0.25) is 0 Å². The molecule has 0 bridgehead atoms. The minimum atomic E-state index is 0.0951. The predicted octanol–water partition coefficient (Wildman–Crippen LogP) is 2.66. The molecule has 0 aliphatic heterocycles. The molecule has 80 valence electrons. The Morgan fingerprint density at radius 1 is 1.40 bits per heavy atom. The summed E-state index contributed by atoms with van der Waals surface area (Å²) >= 11 is 0. The Bertz CT molecular complexity index is 458. The Hall–Kier alpha value is -1.32. The van der Waals surface area contributed by atoms with Crippen molar-refractivity contribution in [1.82, 2.24) is 5.43 Å². The number of hydrazine groups is 1. The summed E-state index contributed by atoms with van der Waals surface area (Å²) in [6.07, 6.45) is 0.912. The van der Waals surface area contributed by atoms with Gasteiger partial charge in [0.1, 0.15) is 11.3 Å². The van der Waals surface area contributed by atoms with Crippen LogP contribution in [-0.2, 0) is 0 Å². The number of fused-ring (bicyclic) bond motifs is 1. The van der Waals surface area contributed by atoms with Gasteiger partial charge in [-0.25, -0.2) is 5.43 Å². The van der Waals surface area contributed by atoms with Crippen LogP contribution in [0, 0.1) is 6.92 Å². The van der Waals surface area contributed by atoms with Crippen LogP contribution in [0.3, 0.4) is 0 Å². The van der Waals surface area contributed by atoms with E-state index in [4.69, 9.17) is 10.3 Å². The summed E-state index contributed by atoms with van der Waals surface area (Å²) in [5, 5.41) is 1.14. The van der Waals surface area contributed by atoms with Crippen LogP contribution in [0.4, 0.5) is 0 Å². The maximum absolute atomic E-state index is 5.72. The molecular weight excluding hydrogens is 188 g/mol. The van der Waals surface area contributed by atoms with Crippen LogP contribution in [0.15, 0.2) is 28.7 Å². The zero-order valence-electron chi connectivity index (χ0n) is 9.08. The highest BCUT2D eigenvalue weighted by molar-refractivity contribution is 5.78. The van der Waals surface area contributed by atoms with Crippen molar-refractivity contribution in [3.05, 3.63) is 35.6 Å². The minimum absolute atomic E-state index is 0.0951. The average molecular weight is 204 g/mol. The third-order valence-corrected chi connectivity index (χ3v) is 2.64. The monoisotopic (exact) mass is 204 g/mol. The molecule has 1 atom stereocenters. The van der Waals surface area contributed by atoms with E-state index >= 15 is 0 Å². The van der Waals surface area contributed by atoms with E-state index < -0.39 is 0 Å². The predicted molar refractivity (Wildman–Crippen MR) is 61.3 cm³/mol. The Morgan fingerprint density at radius 3 is 2.87 bits per heavy atom. The van der Waals surface area contributed by atoms with Crippen LogP contribution in [0.1, 0.15) is 30.7 Å². The van der Waals surface area contributed by atoms with Gasteiger partial charge in [-0.2, -0.15) is 0 Å². The molecule has 0 saturated carbocycles. The first-order valence-corrected chi connectivity index (χ1v) is 5.21. The molecule has 3 nitrogen and oxygen atoms in total. The molecule has 0 aliphatic rings. The topological polar surface area (TPSA) is 51.2 Å². The molecule has 15 heavy (non-hydrogen) atoms. The van der Waals surface area contributed by atoms with Crippen LogP contribution in [0.5, 0.6) is 0 Å². The number of rotatable bonds is 3. The molecule has 1 heterocycles. The van der Waals surface area contributed by atoms with E-state index in [0.717, 1.165) is 23.2 Å². The molecule has 2 rings (SSSR count). The smallest absolute Gasteiger partial charge is 0.134 e. The lowest BCUT2D eigenvalue weighted by Gasteiger charge is -2.08. The van der Waals surface area contributed by atoms with E-state index in [0.29, 0.717) is 0 Å². The highest BCUT2D eigenvalue weighted by atomic mass is 16.3.